The van der Waals surface area contributed by atoms with Crippen molar-refractivity contribution in [2.45, 2.75) is 38.8 Å². The molecule has 0 aliphatic carbocycles. The van der Waals surface area contributed by atoms with Gasteiger partial charge in [-0.3, -0.25) is 4.48 Å². The van der Waals surface area contributed by atoms with Crippen LogP contribution in [0.3, 0.4) is 0 Å². The lowest BCUT2D eigenvalue weighted by Crippen LogP contribution is -2.61. The van der Waals surface area contributed by atoms with Crippen LogP contribution >= 0.6 is 0 Å². The molecule has 1 amide bonds. The van der Waals surface area contributed by atoms with Crippen LogP contribution in [0.5, 0.6) is 0 Å². The number of primary amides is 1. The average molecular weight is 364 g/mol. The number of hydrogen-bond acceptors (Lipinski definition) is 3. The monoisotopic (exact) mass is 364 g/mol. The van der Waals surface area contributed by atoms with E-state index < -0.39 is 6.09 Å². The minimum Gasteiger partial charge on any atom is -0.440 e. The summed E-state index contributed by atoms with van der Waals surface area (Å²) in [7, 11) is 0. The third-order valence-corrected chi connectivity index (χ3v) is 5.60. The number of nitrogens with two attached hydrogens (primary N) is 1. The second kappa shape index (κ2) is 7.05. The van der Waals surface area contributed by atoms with Gasteiger partial charge in [-0.25, -0.2) is 4.79 Å². The fourth-order valence-electron chi connectivity index (χ4n) is 4.13. The first-order valence-electron chi connectivity index (χ1n) is 9.20. The maximum atomic E-state index is 11.3. The topological polar surface area (TPSA) is 76.1 Å². The Labute approximate surface area is 160 Å². The van der Waals surface area contributed by atoms with Crippen molar-refractivity contribution in [1.29, 1.82) is 5.26 Å². The Balaban J connectivity index is 2.13. The molecule has 1 aliphatic rings. The molecule has 2 atom stereocenters. The van der Waals surface area contributed by atoms with E-state index >= 15 is 0 Å². The molecule has 140 valence electrons. The van der Waals surface area contributed by atoms with E-state index in [1.165, 1.54) is 0 Å². The molecule has 1 unspecified atom stereocenters. The van der Waals surface area contributed by atoms with Crippen molar-refractivity contribution >= 4 is 11.8 Å². The highest BCUT2D eigenvalue weighted by Crippen LogP contribution is 2.42. The molecule has 1 heterocycles. The molecule has 2 aromatic rings. The predicted molar refractivity (Wildman–Crippen MR) is 107 cm³/mol. The molecule has 5 heteroatoms. The van der Waals surface area contributed by atoms with Crippen LogP contribution < -0.4 is 10.2 Å². The summed E-state index contributed by atoms with van der Waals surface area (Å²) in [5.41, 5.74) is 8.89. The molecule has 1 fully saturated rings. The number of likely N-dealkylation sites (tertiary alicyclic amines) is 1. The summed E-state index contributed by atoms with van der Waals surface area (Å²) in [6.45, 7) is 7.88. The lowest BCUT2D eigenvalue weighted by molar-refractivity contribution is 0.0962. The number of rotatable bonds is 3. The Kier molecular flexibility index (Phi) is 4.95. The largest absolute Gasteiger partial charge is 0.440 e. The van der Waals surface area contributed by atoms with Gasteiger partial charge in [0.2, 0.25) is 0 Å². The van der Waals surface area contributed by atoms with Crippen LogP contribution in [0.4, 0.5) is 10.5 Å². The third kappa shape index (κ3) is 3.54. The van der Waals surface area contributed by atoms with Crippen molar-refractivity contribution < 1.29 is 9.53 Å². The normalized spacial score (nSPS) is 22.2. The molecule has 0 radical (unpaired) electrons. The van der Waals surface area contributed by atoms with Crippen LogP contribution in [0.1, 0.15) is 32.8 Å². The molecule has 3 rings (SSSR count). The van der Waals surface area contributed by atoms with Gasteiger partial charge in [-0.15, -0.1) is 0 Å². The smallest absolute Gasteiger partial charge is 0.404 e. The van der Waals surface area contributed by atoms with Gasteiger partial charge in [-0.1, -0.05) is 36.4 Å². The molecule has 1 aliphatic heterocycles. The first kappa shape index (κ1) is 18.9. The van der Waals surface area contributed by atoms with Gasteiger partial charge in [0.1, 0.15) is 18.2 Å². The second-order valence-corrected chi connectivity index (χ2v) is 8.10. The SMILES string of the molecule is CC(C)(C)[N+]1(c2cc(-c3ccccc3)ccc2C#N)CC[C@H](OC(N)=O)C1. The Morgan fingerprint density at radius 1 is 1.19 bits per heavy atom. The van der Waals surface area contributed by atoms with E-state index in [1.54, 1.807) is 0 Å². The zero-order valence-electron chi connectivity index (χ0n) is 16.1. The fourth-order valence-corrected chi connectivity index (χ4v) is 4.13. The summed E-state index contributed by atoms with van der Waals surface area (Å²) in [5, 5.41) is 9.77. The molecule has 0 bridgehead atoms. The Hall–Kier alpha value is -2.84. The zero-order valence-corrected chi connectivity index (χ0v) is 16.1. The number of nitriles is 1. The second-order valence-electron chi connectivity index (χ2n) is 8.10. The van der Waals surface area contributed by atoms with E-state index in [2.05, 4.69) is 45.0 Å². The summed E-state index contributed by atoms with van der Waals surface area (Å²) in [4.78, 5) is 11.3. The molecule has 0 saturated carbocycles. The summed E-state index contributed by atoms with van der Waals surface area (Å²) in [6, 6.07) is 18.5. The number of amides is 1. The van der Waals surface area contributed by atoms with Gasteiger partial charge in [0.15, 0.2) is 11.8 Å². The lowest BCUT2D eigenvalue weighted by Gasteiger charge is -2.45. The minimum absolute atomic E-state index is 0.170. The van der Waals surface area contributed by atoms with E-state index in [0.717, 1.165) is 29.8 Å². The lowest BCUT2D eigenvalue weighted by atomic mass is 9.95. The molecule has 2 aromatic carbocycles. The fraction of sp³-hybridized carbons (Fsp3) is 0.364. The van der Waals surface area contributed by atoms with E-state index in [4.69, 9.17) is 10.5 Å². The van der Waals surface area contributed by atoms with Crippen LogP contribution in [0, 0.1) is 11.3 Å². The van der Waals surface area contributed by atoms with Crippen molar-refractivity contribution in [3.05, 3.63) is 54.1 Å². The van der Waals surface area contributed by atoms with Crippen molar-refractivity contribution in [3.8, 4) is 17.2 Å². The van der Waals surface area contributed by atoms with Crippen molar-refractivity contribution in [1.82, 2.24) is 4.48 Å². The maximum Gasteiger partial charge on any atom is 0.404 e. The van der Waals surface area contributed by atoms with Gasteiger partial charge in [-0.05, 0) is 38.0 Å². The van der Waals surface area contributed by atoms with Gasteiger partial charge < -0.3 is 10.5 Å². The van der Waals surface area contributed by atoms with Gasteiger partial charge in [0.25, 0.3) is 0 Å². The quantitative estimate of drug-likeness (QED) is 0.829. The highest BCUT2D eigenvalue weighted by atomic mass is 16.6. The van der Waals surface area contributed by atoms with Crippen molar-refractivity contribution in [2.75, 3.05) is 13.1 Å². The van der Waals surface area contributed by atoms with Crippen molar-refractivity contribution in [3.63, 3.8) is 0 Å². The maximum absolute atomic E-state index is 11.3. The van der Waals surface area contributed by atoms with Crippen LogP contribution in [-0.4, -0.2) is 30.8 Å². The predicted octanol–water partition coefficient (Wildman–Crippen LogP) is 4.20. The molecule has 1 saturated heterocycles. The Morgan fingerprint density at radius 2 is 1.89 bits per heavy atom. The van der Waals surface area contributed by atoms with Gasteiger partial charge in [0.05, 0.1) is 12.1 Å². The number of ether oxygens (including phenoxy) is 1. The third-order valence-electron chi connectivity index (χ3n) is 5.60. The number of quaternary nitrogens is 1. The highest BCUT2D eigenvalue weighted by molar-refractivity contribution is 5.72. The van der Waals surface area contributed by atoms with Gasteiger partial charge in [-0.2, -0.15) is 5.26 Å². The van der Waals surface area contributed by atoms with E-state index in [-0.39, 0.29) is 11.6 Å². The zero-order chi connectivity index (χ0) is 19.7. The molecule has 27 heavy (non-hydrogen) atoms. The van der Waals surface area contributed by atoms with Gasteiger partial charge in [0, 0.05) is 12.5 Å². The van der Waals surface area contributed by atoms with E-state index in [1.807, 2.05) is 30.3 Å². The average Bonchev–Trinajstić information content (AvgIpc) is 3.06. The standard InChI is InChI=1S/C22H25N3O2/c1-22(2,3)25(12-11-19(15-25)27-21(24)26)20-13-17(9-10-18(20)14-23)16-7-5-4-6-8-16/h4-10,13,19H,11-12,15H2,1-3H3,(H-,24,26)/p+1/t19-,25?/m0/s1. The number of carbonyl (C=O) groups is 1. The Morgan fingerprint density at radius 3 is 2.48 bits per heavy atom. The summed E-state index contributed by atoms with van der Waals surface area (Å²) in [6.07, 6.45) is -0.262. The number of benzene rings is 2. The first-order valence-corrected chi connectivity index (χ1v) is 9.20. The van der Waals surface area contributed by atoms with Crippen LogP contribution in [0.2, 0.25) is 0 Å². The first-order chi connectivity index (χ1) is 12.8. The van der Waals surface area contributed by atoms with Crippen LogP contribution in [0.25, 0.3) is 11.1 Å². The molecule has 0 aromatic heterocycles. The molecule has 2 N–H and O–H groups in total. The highest BCUT2D eigenvalue weighted by Gasteiger charge is 2.50. The van der Waals surface area contributed by atoms with E-state index in [0.29, 0.717) is 16.6 Å². The minimum atomic E-state index is -0.743. The Bertz CT molecular complexity index is 881. The summed E-state index contributed by atoms with van der Waals surface area (Å²) < 4.78 is 5.89. The summed E-state index contributed by atoms with van der Waals surface area (Å²) in [5.74, 6) is 0. The van der Waals surface area contributed by atoms with Crippen LogP contribution in [-0.2, 0) is 4.74 Å². The molecule has 0 spiro atoms. The molecule has 5 nitrogen and oxygen atoms in total. The number of hydrogen-bond donors (Lipinski definition) is 1. The van der Waals surface area contributed by atoms with E-state index in [9.17, 15) is 10.1 Å². The molecular weight excluding hydrogens is 338 g/mol. The summed E-state index contributed by atoms with van der Waals surface area (Å²) >= 11 is 0. The van der Waals surface area contributed by atoms with Gasteiger partial charge >= 0.3 is 6.09 Å². The van der Waals surface area contributed by atoms with Crippen molar-refractivity contribution in [2.24, 2.45) is 5.73 Å². The number of carbonyl (C=O) groups excluding carboxylic acids is 1. The van der Waals surface area contributed by atoms with Crippen LogP contribution in [0.15, 0.2) is 48.5 Å². The molecular formula is C22H26N3O2+. The number of nitrogens with zero attached hydrogens (tertiary/aromatic N) is 2.